The number of fused-ring (bicyclic) bond motifs is 1. The number of halogens is 1. The molecule has 1 atom stereocenters. The highest BCUT2D eigenvalue weighted by atomic mass is 19.1. The lowest BCUT2D eigenvalue weighted by molar-refractivity contribution is -0.122. The lowest BCUT2D eigenvalue weighted by Gasteiger charge is -2.15. The van der Waals surface area contributed by atoms with Gasteiger partial charge < -0.3 is 5.32 Å². The van der Waals surface area contributed by atoms with Crippen molar-refractivity contribution in [1.29, 1.82) is 0 Å². The first-order valence-corrected chi connectivity index (χ1v) is 10.5. The van der Waals surface area contributed by atoms with Crippen molar-refractivity contribution in [1.82, 2.24) is 24.6 Å². The summed E-state index contributed by atoms with van der Waals surface area (Å²) in [7, 11) is 0. The molecule has 4 aromatic rings. The molecule has 0 aliphatic heterocycles. The minimum absolute atomic E-state index is 0.0411. The summed E-state index contributed by atoms with van der Waals surface area (Å²) in [6, 6.07) is 15.8. The molecule has 1 amide bonds. The Kier molecular flexibility index (Phi) is 6.39. The van der Waals surface area contributed by atoms with Gasteiger partial charge in [0.1, 0.15) is 17.5 Å². The number of nitrogens with zero attached hydrogens (tertiary/aromatic N) is 4. The van der Waals surface area contributed by atoms with Gasteiger partial charge in [0.15, 0.2) is 5.65 Å². The Hall–Kier alpha value is -3.81. The standard InChI is InChI=1S/C24H24FN5O2/c1-2-20(18-8-4-3-5-9-18)23(31)26-11-12-30-22-21(14-28-30)24(32)29(16-27-22)15-17-7-6-10-19(25)13-17/h3-10,13-14,16,20H,2,11-12,15H2,1H3,(H,26,31)/t20-/m0/s1. The fourth-order valence-electron chi connectivity index (χ4n) is 3.77. The first kappa shape index (κ1) is 21.4. The van der Waals surface area contributed by atoms with Gasteiger partial charge in [-0.25, -0.2) is 14.1 Å². The summed E-state index contributed by atoms with van der Waals surface area (Å²) in [5.74, 6) is -0.601. The maximum atomic E-state index is 13.4. The molecular weight excluding hydrogens is 409 g/mol. The number of nitrogens with one attached hydrogen (secondary N) is 1. The van der Waals surface area contributed by atoms with Crippen molar-refractivity contribution in [3.8, 4) is 0 Å². The largest absolute Gasteiger partial charge is 0.354 e. The highest BCUT2D eigenvalue weighted by molar-refractivity contribution is 5.83. The Balaban J connectivity index is 1.43. The number of hydrogen-bond donors (Lipinski definition) is 1. The van der Waals surface area contributed by atoms with Gasteiger partial charge in [-0.15, -0.1) is 0 Å². The number of benzene rings is 2. The number of carbonyl (C=O) groups is 1. The molecule has 32 heavy (non-hydrogen) atoms. The molecule has 0 spiro atoms. The fraction of sp³-hybridized carbons (Fsp3) is 0.250. The maximum absolute atomic E-state index is 13.4. The molecule has 2 aromatic heterocycles. The molecule has 0 unspecified atom stereocenters. The van der Waals surface area contributed by atoms with Crippen LogP contribution in [-0.2, 0) is 17.9 Å². The number of hydrogen-bond acceptors (Lipinski definition) is 4. The molecule has 8 heteroatoms. The summed E-state index contributed by atoms with van der Waals surface area (Å²) in [5.41, 5.74) is 1.87. The first-order valence-electron chi connectivity index (χ1n) is 10.5. The Morgan fingerprint density at radius 3 is 2.72 bits per heavy atom. The van der Waals surface area contributed by atoms with Crippen LogP contribution >= 0.6 is 0 Å². The molecule has 0 fully saturated rings. The van der Waals surface area contributed by atoms with Gasteiger partial charge in [0.25, 0.3) is 5.56 Å². The van der Waals surface area contributed by atoms with Gasteiger partial charge in [0, 0.05) is 6.54 Å². The molecule has 1 N–H and O–H groups in total. The van der Waals surface area contributed by atoms with Gasteiger partial charge in [-0.05, 0) is 29.7 Å². The van der Waals surface area contributed by atoms with Crippen LogP contribution in [0.4, 0.5) is 4.39 Å². The van der Waals surface area contributed by atoms with E-state index in [2.05, 4.69) is 15.4 Å². The van der Waals surface area contributed by atoms with Gasteiger partial charge in [-0.3, -0.25) is 14.2 Å². The fourth-order valence-corrected chi connectivity index (χ4v) is 3.77. The van der Waals surface area contributed by atoms with E-state index in [1.54, 1.807) is 16.8 Å². The van der Waals surface area contributed by atoms with Crippen LogP contribution < -0.4 is 10.9 Å². The van der Waals surface area contributed by atoms with Crippen LogP contribution in [0.25, 0.3) is 11.0 Å². The number of aromatic nitrogens is 4. The second kappa shape index (κ2) is 9.55. The molecule has 164 valence electrons. The monoisotopic (exact) mass is 433 g/mol. The molecule has 4 rings (SSSR count). The normalized spacial score (nSPS) is 12.1. The minimum Gasteiger partial charge on any atom is -0.354 e. The summed E-state index contributed by atoms with van der Waals surface area (Å²) >= 11 is 0. The van der Waals surface area contributed by atoms with E-state index < -0.39 is 0 Å². The third-order valence-electron chi connectivity index (χ3n) is 5.41. The maximum Gasteiger partial charge on any atom is 0.264 e. The molecule has 0 radical (unpaired) electrons. The van der Waals surface area contributed by atoms with Crippen molar-refractivity contribution in [2.75, 3.05) is 6.54 Å². The van der Waals surface area contributed by atoms with E-state index in [9.17, 15) is 14.0 Å². The average molecular weight is 433 g/mol. The summed E-state index contributed by atoms with van der Waals surface area (Å²) in [4.78, 5) is 29.8. The third kappa shape index (κ3) is 4.59. The van der Waals surface area contributed by atoms with Gasteiger partial charge in [0.2, 0.25) is 5.91 Å². The van der Waals surface area contributed by atoms with E-state index in [0.29, 0.717) is 36.1 Å². The molecule has 0 bridgehead atoms. The molecule has 0 aliphatic rings. The predicted octanol–water partition coefficient (Wildman–Crippen LogP) is 3.09. The van der Waals surface area contributed by atoms with Gasteiger partial charge >= 0.3 is 0 Å². The van der Waals surface area contributed by atoms with Crippen LogP contribution in [0, 0.1) is 5.82 Å². The molecular formula is C24H24FN5O2. The number of rotatable bonds is 8. The van der Waals surface area contributed by atoms with Crippen molar-refractivity contribution in [3.63, 3.8) is 0 Å². The molecule has 0 saturated heterocycles. The van der Waals surface area contributed by atoms with Crippen LogP contribution in [-0.4, -0.2) is 31.8 Å². The van der Waals surface area contributed by atoms with E-state index in [1.165, 1.54) is 29.2 Å². The second-order valence-corrected chi connectivity index (χ2v) is 7.58. The van der Waals surface area contributed by atoms with E-state index in [0.717, 1.165) is 5.56 Å². The van der Waals surface area contributed by atoms with E-state index in [4.69, 9.17) is 0 Å². The average Bonchev–Trinajstić information content (AvgIpc) is 3.21. The Morgan fingerprint density at radius 1 is 1.16 bits per heavy atom. The number of carbonyl (C=O) groups excluding carboxylic acids is 1. The highest BCUT2D eigenvalue weighted by Crippen LogP contribution is 2.19. The van der Waals surface area contributed by atoms with Crippen LogP contribution in [0.3, 0.4) is 0 Å². The van der Waals surface area contributed by atoms with Crippen molar-refractivity contribution >= 4 is 16.9 Å². The quantitative estimate of drug-likeness (QED) is 0.463. The van der Waals surface area contributed by atoms with Gasteiger partial charge in [-0.2, -0.15) is 5.10 Å². The predicted molar refractivity (Wildman–Crippen MR) is 120 cm³/mol. The highest BCUT2D eigenvalue weighted by Gasteiger charge is 2.18. The minimum atomic E-state index is -0.350. The molecule has 2 aromatic carbocycles. The lowest BCUT2D eigenvalue weighted by atomic mass is 9.96. The Labute approximate surface area is 184 Å². The van der Waals surface area contributed by atoms with Crippen LogP contribution in [0.2, 0.25) is 0 Å². The molecule has 2 heterocycles. The van der Waals surface area contributed by atoms with E-state index >= 15 is 0 Å². The van der Waals surface area contributed by atoms with E-state index in [-0.39, 0.29) is 29.7 Å². The summed E-state index contributed by atoms with van der Waals surface area (Å²) in [6.07, 6.45) is 3.62. The van der Waals surface area contributed by atoms with Crippen molar-refractivity contribution in [2.24, 2.45) is 0 Å². The SMILES string of the molecule is CC[C@H](C(=O)NCCn1ncc2c(=O)n(Cc3cccc(F)c3)cnc21)c1ccccc1. The smallest absolute Gasteiger partial charge is 0.264 e. The topological polar surface area (TPSA) is 81.8 Å². The van der Waals surface area contributed by atoms with Crippen molar-refractivity contribution in [2.45, 2.75) is 32.4 Å². The number of amides is 1. The van der Waals surface area contributed by atoms with Crippen LogP contribution in [0.1, 0.15) is 30.4 Å². The van der Waals surface area contributed by atoms with Gasteiger partial charge in [-0.1, -0.05) is 49.4 Å². The van der Waals surface area contributed by atoms with Crippen LogP contribution in [0.15, 0.2) is 71.9 Å². The Bertz CT molecular complexity index is 1280. The van der Waals surface area contributed by atoms with Crippen molar-refractivity contribution in [3.05, 3.63) is 94.4 Å². The van der Waals surface area contributed by atoms with Crippen molar-refractivity contribution < 1.29 is 9.18 Å². The zero-order valence-corrected chi connectivity index (χ0v) is 17.7. The second-order valence-electron chi connectivity index (χ2n) is 7.58. The zero-order chi connectivity index (χ0) is 22.5. The van der Waals surface area contributed by atoms with Gasteiger partial charge in [0.05, 0.1) is 25.2 Å². The summed E-state index contributed by atoms with van der Waals surface area (Å²) in [6.45, 7) is 2.96. The summed E-state index contributed by atoms with van der Waals surface area (Å²) < 4.78 is 16.5. The third-order valence-corrected chi connectivity index (χ3v) is 5.41. The van der Waals surface area contributed by atoms with Crippen LogP contribution in [0.5, 0.6) is 0 Å². The Morgan fingerprint density at radius 2 is 1.97 bits per heavy atom. The molecule has 0 saturated carbocycles. The lowest BCUT2D eigenvalue weighted by Crippen LogP contribution is -2.32. The van der Waals surface area contributed by atoms with E-state index in [1.807, 2.05) is 37.3 Å². The zero-order valence-electron chi connectivity index (χ0n) is 17.7. The molecule has 7 nitrogen and oxygen atoms in total. The molecule has 0 aliphatic carbocycles. The first-order chi connectivity index (χ1) is 15.6. The summed E-state index contributed by atoms with van der Waals surface area (Å²) in [5, 5.41) is 7.60.